The van der Waals surface area contributed by atoms with Crippen molar-refractivity contribution in [3.63, 3.8) is 0 Å². The fourth-order valence-corrected chi connectivity index (χ4v) is 2.78. The van der Waals surface area contributed by atoms with Crippen LogP contribution >= 0.6 is 34.5 Å². The van der Waals surface area contributed by atoms with Crippen molar-refractivity contribution in [2.24, 2.45) is 5.73 Å². The van der Waals surface area contributed by atoms with E-state index in [1.54, 1.807) is 17.4 Å². The van der Waals surface area contributed by atoms with Crippen molar-refractivity contribution in [2.45, 2.75) is 12.5 Å². The number of hydrogen-bond donors (Lipinski definition) is 1. The molecule has 0 aliphatic carbocycles. The first kappa shape index (κ1) is 11.9. The summed E-state index contributed by atoms with van der Waals surface area (Å²) in [5.41, 5.74) is 7.02. The molecular weight excluding hydrogens is 261 g/mol. The first-order chi connectivity index (χ1) is 7.68. The maximum atomic E-state index is 6.12. The Bertz CT molecular complexity index is 468. The monoisotopic (exact) mass is 271 g/mol. The number of hydrogen-bond acceptors (Lipinski definition) is 2. The molecule has 1 atom stereocenters. The minimum absolute atomic E-state index is 0.107. The highest BCUT2D eigenvalue weighted by atomic mass is 35.5. The van der Waals surface area contributed by atoms with Crippen molar-refractivity contribution in [3.8, 4) is 0 Å². The summed E-state index contributed by atoms with van der Waals surface area (Å²) < 4.78 is 0. The summed E-state index contributed by atoms with van der Waals surface area (Å²) in [6.07, 6.45) is 0.789. The third kappa shape index (κ3) is 2.58. The van der Waals surface area contributed by atoms with Gasteiger partial charge in [0.2, 0.25) is 0 Å². The lowest BCUT2D eigenvalue weighted by Gasteiger charge is -2.13. The molecule has 2 N–H and O–H groups in total. The Morgan fingerprint density at radius 3 is 2.69 bits per heavy atom. The second-order valence-corrected chi connectivity index (χ2v) is 5.35. The van der Waals surface area contributed by atoms with Gasteiger partial charge in [0.05, 0.1) is 10.0 Å². The van der Waals surface area contributed by atoms with E-state index >= 15 is 0 Å². The average molecular weight is 272 g/mol. The molecule has 84 valence electrons. The zero-order valence-corrected chi connectivity index (χ0v) is 10.8. The van der Waals surface area contributed by atoms with E-state index in [0.29, 0.717) is 10.0 Å². The van der Waals surface area contributed by atoms with E-state index in [1.165, 1.54) is 4.88 Å². The summed E-state index contributed by atoms with van der Waals surface area (Å²) in [6, 6.07) is 9.55. The molecule has 0 fully saturated rings. The van der Waals surface area contributed by atoms with E-state index in [9.17, 15) is 0 Å². The van der Waals surface area contributed by atoms with Crippen LogP contribution in [-0.4, -0.2) is 0 Å². The Labute approximate surface area is 109 Å². The second kappa shape index (κ2) is 5.19. The van der Waals surface area contributed by atoms with Gasteiger partial charge in [0.15, 0.2) is 0 Å². The molecule has 0 saturated heterocycles. The Morgan fingerprint density at radius 1 is 1.19 bits per heavy atom. The van der Waals surface area contributed by atoms with Crippen LogP contribution in [0.25, 0.3) is 0 Å². The average Bonchev–Trinajstić information content (AvgIpc) is 2.74. The molecule has 1 unspecified atom stereocenters. The maximum Gasteiger partial charge on any atom is 0.0640 e. The quantitative estimate of drug-likeness (QED) is 0.885. The van der Waals surface area contributed by atoms with Gasteiger partial charge in [0.1, 0.15) is 0 Å². The Kier molecular flexibility index (Phi) is 3.87. The molecule has 0 spiro atoms. The summed E-state index contributed by atoms with van der Waals surface area (Å²) in [5.74, 6) is 0. The van der Waals surface area contributed by atoms with Crippen LogP contribution in [0.15, 0.2) is 35.7 Å². The van der Waals surface area contributed by atoms with E-state index < -0.39 is 0 Å². The lowest BCUT2D eigenvalue weighted by molar-refractivity contribution is 0.730. The third-order valence-electron chi connectivity index (χ3n) is 2.38. The molecule has 1 nitrogen and oxygen atoms in total. The van der Waals surface area contributed by atoms with Crippen molar-refractivity contribution in [1.29, 1.82) is 0 Å². The molecule has 0 aliphatic heterocycles. The van der Waals surface area contributed by atoms with Crippen molar-refractivity contribution >= 4 is 34.5 Å². The molecule has 1 heterocycles. The number of halogens is 2. The molecule has 2 aromatic rings. The molecule has 1 aromatic heterocycles. The van der Waals surface area contributed by atoms with Crippen LogP contribution in [0.5, 0.6) is 0 Å². The largest absolute Gasteiger partial charge is 0.324 e. The second-order valence-electron chi connectivity index (χ2n) is 3.53. The van der Waals surface area contributed by atoms with Crippen molar-refractivity contribution in [3.05, 3.63) is 56.2 Å². The highest BCUT2D eigenvalue weighted by molar-refractivity contribution is 7.09. The molecule has 0 radical (unpaired) electrons. The summed E-state index contributed by atoms with van der Waals surface area (Å²) in [6.45, 7) is 0. The zero-order valence-electron chi connectivity index (χ0n) is 8.49. The summed E-state index contributed by atoms with van der Waals surface area (Å²) in [5, 5.41) is 3.16. The van der Waals surface area contributed by atoms with Gasteiger partial charge in [-0.05, 0) is 23.1 Å². The predicted octanol–water partition coefficient (Wildman–Crippen LogP) is 4.30. The van der Waals surface area contributed by atoms with Crippen LogP contribution in [0.1, 0.15) is 16.5 Å². The molecule has 4 heteroatoms. The number of nitrogens with two attached hydrogens (primary N) is 1. The standard InChI is InChI=1S/C12H11Cl2NS/c13-10-5-1-4-9(12(10)14)11(15)7-8-3-2-6-16-8/h1-6,11H,7,15H2. The zero-order chi connectivity index (χ0) is 11.5. The van der Waals surface area contributed by atoms with Crippen LogP contribution in [0, 0.1) is 0 Å². The van der Waals surface area contributed by atoms with Crippen LogP contribution in [0.4, 0.5) is 0 Å². The summed E-state index contributed by atoms with van der Waals surface area (Å²) in [4.78, 5) is 1.25. The van der Waals surface area contributed by atoms with E-state index in [1.807, 2.05) is 23.6 Å². The van der Waals surface area contributed by atoms with Gasteiger partial charge in [-0.25, -0.2) is 0 Å². The fraction of sp³-hybridized carbons (Fsp3) is 0.167. The highest BCUT2D eigenvalue weighted by Gasteiger charge is 2.13. The molecule has 0 saturated carbocycles. The van der Waals surface area contributed by atoms with E-state index in [4.69, 9.17) is 28.9 Å². The third-order valence-corrected chi connectivity index (χ3v) is 4.11. The fourth-order valence-electron chi connectivity index (χ4n) is 1.56. The van der Waals surface area contributed by atoms with Crippen molar-refractivity contribution < 1.29 is 0 Å². The molecule has 0 aliphatic rings. The number of rotatable bonds is 3. The van der Waals surface area contributed by atoms with Crippen LogP contribution < -0.4 is 5.73 Å². The van der Waals surface area contributed by atoms with E-state index in [0.717, 1.165) is 12.0 Å². The van der Waals surface area contributed by atoms with Gasteiger partial charge in [-0.1, -0.05) is 41.4 Å². The van der Waals surface area contributed by atoms with Gasteiger partial charge < -0.3 is 5.73 Å². The molecule has 1 aromatic carbocycles. The molecule has 0 bridgehead atoms. The van der Waals surface area contributed by atoms with E-state index in [-0.39, 0.29) is 6.04 Å². The van der Waals surface area contributed by atoms with Gasteiger partial charge in [-0.15, -0.1) is 11.3 Å². The molecule has 16 heavy (non-hydrogen) atoms. The lowest BCUT2D eigenvalue weighted by atomic mass is 10.0. The smallest absolute Gasteiger partial charge is 0.0640 e. The molecule has 0 amide bonds. The SMILES string of the molecule is NC(Cc1cccs1)c1cccc(Cl)c1Cl. The summed E-state index contributed by atoms with van der Waals surface area (Å²) in [7, 11) is 0. The Morgan fingerprint density at radius 2 is 2.00 bits per heavy atom. The predicted molar refractivity (Wildman–Crippen MR) is 71.4 cm³/mol. The van der Waals surface area contributed by atoms with Gasteiger partial charge in [0.25, 0.3) is 0 Å². The van der Waals surface area contributed by atoms with Crippen LogP contribution in [-0.2, 0) is 6.42 Å². The minimum Gasteiger partial charge on any atom is -0.324 e. The van der Waals surface area contributed by atoms with Gasteiger partial charge in [-0.3, -0.25) is 0 Å². The molecular formula is C12H11Cl2NS. The number of benzene rings is 1. The van der Waals surface area contributed by atoms with Crippen molar-refractivity contribution in [2.75, 3.05) is 0 Å². The van der Waals surface area contributed by atoms with Crippen LogP contribution in [0.2, 0.25) is 10.0 Å². The Balaban J connectivity index is 2.21. The van der Waals surface area contributed by atoms with Gasteiger partial charge >= 0.3 is 0 Å². The lowest BCUT2D eigenvalue weighted by Crippen LogP contribution is -2.13. The van der Waals surface area contributed by atoms with Crippen LogP contribution in [0.3, 0.4) is 0 Å². The van der Waals surface area contributed by atoms with E-state index in [2.05, 4.69) is 6.07 Å². The maximum absolute atomic E-state index is 6.12. The normalized spacial score (nSPS) is 12.7. The first-order valence-corrected chi connectivity index (χ1v) is 6.54. The van der Waals surface area contributed by atoms with Gasteiger partial charge in [-0.2, -0.15) is 0 Å². The number of thiophene rings is 1. The summed E-state index contributed by atoms with van der Waals surface area (Å²) >= 11 is 13.8. The molecule has 2 rings (SSSR count). The minimum atomic E-state index is -0.107. The van der Waals surface area contributed by atoms with Crippen molar-refractivity contribution in [1.82, 2.24) is 0 Å². The first-order valence-electron chi connectivity index (χ1n) is 4.90. The highest BCUT2D eigenvalue weighted by Crippen LogP contribution is 2.30. The van der Waals surface area contributed by atoms with Gasteiger partial charge in [0, 0.05) is 17.3 Å². The topological polar surface area (TPSA) is 26.0 Å². The Hall–Kier alpha value is -0.540.